The molecule has 188 valence electrons. The quantitative estimate of drug-likeness (QED) is 0.330. The standard InChI is InChI=1S/C25H31N9OS/c1-18-16-33(14-12-27-18)22-8-6-21(7-9-22)30-25-29-15-19-10-13-34(24(19)31-25)17-20-5-4-11-28-23(20)32(2)36(3,26)35/h4-11,13,15,18,27H,3,12,14,16-17H2,1-2H3,(H2,26,35)(H,29,30,31). The Morgan fingerprint density at radius 3 is 2.81 bits per heavy atom. The molecule has 0 spiro atoms. The van der Waals surface area contributed by atoms with Gasteiger partial charge in [0.1, 0.15) is 21.4 Å². The number of rotatable bonds is 7. The molecule has 4 aromatic rings. The second kappa shape index (κ2) is 9.76. The number of anilines is 4. The molecule has 10 nitrogen and oxygen atoms in total. The molecule has 36 heavy (non-hydrogen) atoms. The monoisotopic (exact) mass is 505 g/mol. The summed E-state index contributed by atoms with van der Waals surface area (Å²) in [6.45, 7) is 5.66. The topological polar surface area (TPSA) is 117 Å². The minimum absolute atomic E-state index is 0.473. The van der Waals surface area contributed by atoms with E-state index in [0.717, 1.165) is 41.9 Å². The fourth-order valence-electron chi connectivity index (χ4n) is 4.38. The van der Waals surface area contributed by atoms with Gasteiger partial charge in [0.05, 0.1) is 6.54 Å². The predicted octanol–water partition coefficient (Wildman–Crippen LogP) is 2.36. The molecule has 1 aliphatic heterocycles. The first-order valence-electron chi connectivity index (χ1n) is 11.8. The van der Waals surface area contributed by atoms with Crippen LogP contribution in [0.2, 0.25) is 0 Å². The first-order valence-corrected chi connectivity index (χ1v) is 13.5. The third-order valence-electron chi connectivity index (χ3n) is 6.33. The highest BCUT2D eigenvalue weighted by Gasteiger charge is 2.17. The predicted molar refractivity (Wildman–Crippen MR) is 148 cm³/mol. The minimum Gasteiger partial charge on any atom is -0.369 e. The van der Waals surface area contributed by atoms with E-state index in [-0.39, 0.29) is 0 Å². The summed E-state index contributed by atoms with van der Waals surface area (Å²) in [5.74, 6) is 4.60. The van der Waals surface area contributed by atoms with Gasteiger partial charge in [-0.2, -0.15) is 4.98 Å². The summed E-state index contributed by atoms with van der Waals surface area (Å²) in [4.78, 5) is 16.0. The smallest absolute Gasteiger partial charge is 0.229 e. The molecule has 1 saturated heterocycles. The fraction of sp³-hybridized carbons (Fsp3) is 0.280. The van der Waals surface area contributed by atoms with Crippen LogP contribution in [-0.2, 0) is 16.4 Å². The number of nitrogens with zero attached hydrogens (tertiary/aromatic N) is 6. The Balaban J connectivity index is 1.36. The van der Waals surface area contributed by atoms with Crippen LogP contribution in [0.4, 0.5) is 23.1 Å². The lowest BCUT2D eigenvalue weighted by Crippen LogP contribution is -2.49. The molecule has 0 bridgehead atoms. The molecule has 0 aliphatic carbocycles. The van der Waals surface area contributed by atoms with Gasteiger partial charge in [0, 0.05) is 73.6 Å². The van der Waals surface area contributed by atoms with Crippen molar-refractivity contribution < 1.29 is 4.21 Å². The van der Waals surface area contributed by atoms with Crippen LogP contribution in [0, 0.1) is 0 Å². The fourth-order valence-corrected chi connectivity index (χ4v) is 4.83. The minimum atomic E-state index is -2.93. The highest BCUT2D eigenvalue weighted by atomic mass is 32.2. The first kappa shape index (κ1) is 24.0. The van der Waals surface area contributed by atoms with E-state index in [9.17, 15) is 4.21 Å². The number of nitrogens with two attached hydrogens (primary N) is 1. The summed E-state index contributed by atoms with van der Waals surface area (Å²) in [5.41, 5.74) is 3.76. The molecule has 5 rings (SSSR count). The lowest BCUT2D eigenvalue weighted by molar-refractivity contribution is 0.485. The van der Waals surface area contributed by atoms with Crippen LogP contribution in [-0.4, -0.2) is 62.3 Å². The number of piperazine rings is 1. The maximum absolute atomic E-state index is 12.3. The number of aromatic nitrogens is 4. The number of benzene rings is 1. The number of fused-ring (bicyclic) bond motifs is 1. The third kappa shape index (κ3) is 5.13. The number of nitrogens with one attached hydrogen (secondary N) is 2. The van der Waals surface area contributed by atoms with Crippen LogP contribution in [0.3, 0.4) is 0 Å². The zero-order chi connectivity index (χ0) is 25.3. The summed E-state index contributed by atoms with van der Waals surface area (Å²) >= 11 is 0. The molecular weight excluding hydrogens is 474 g/mol. The SMILES string of the molecule is C=S(N)(=O)N(C)c1ncccc1Cn1ccc2cnc(Nc3ccc(N4CCNC(C)C4)cc3)nc21. The Kier molecular flexibility index (Phi) is 6.52. The van der Waals surface area contributed by atoms with Crippen molar-refractivity contribution in [3.63, 3.8) is 0 Å². The molecule has 4 N–H and O–H groups in total. The highest BCUT2D eigenvalue weighted by Crippen LogP contribution is 2.24. The van der Waals surface area contributed by atoms with Gasteiger partial charge in [0.2, 0.25) is 5.95 Å². The van der Waals surface area contributed by atoms with Crippen molar-refractivity contribution in [2.75, 3.05) is 41.2 Å². The van der Waals surface area contributed by atoms with Crippen molar-refractivity contribution in [2.45, 2.75) is 19.5 Å². The van der Waals surface area contributed by atoms with Crippen molar-refractivity contribution in [3.8, 4) is 0 Å². The second-order valence-corrected chi connectivity index (χ2v) is 11.0. The van der Waals surface area contributed by atoms with Crippen molar-refractivity contribution in [3.05, 3.63) is 66.6 Å². The van der Waals surface area contributed by atoms with Gasteiger partial charge in [-0.15, -0.1) is 0 Å². The zero-order valence-corrected chi connectivity index (χ0v) is 21.3. The van der Waals surface area contributed by atoms with Gasteiger partial charge in [-0.3, -0.25) is 4.31 Å². The molecule has 1 fully saturated rings. The Morgan fingerprint density at radius 2 is 2.06 bits per heavy atom. The summed E-state index contributed by atoms with van der Waals surface area (Å²) < 4.78 is 15.7. The highest BCUT2D eigenvalue weighted by molar-refractivity contribution is 7.99. The Morgan fingerprint density at radius 1 is 1.25 bits per heavy atom. The van der Waals surface area contributed by atoms with Crippen LogP contribution < -0.4 is 25.0 Å². The first-order chi connectivity index (χ1) is 17.3. The average Bonchev–Trinajstić information content (AvgIpc) is 3.26. The molecule has 4 heterocycles. The van der Waals surface area contributed by atoms with E-state index >= 15 is 0 Å². The van der Waals surface area contributed by atoms with Gasteiger partial charge >= 0.3 is 0 Å². The Bertz CT molecular complexity index is 1470. The molecule has 3 aromatic heterocycles. The van der Waals surface area contributed by atoms with E-state index in [4.69, 9.17) is 10.1 Å². The molecule has 0 saturated carbocycles. The van der Waals surface area contributed by atoms with E-state index < -0.39 is 9.89 Å². The van der Waals surface area contributed by atoms with Crippen LogP contribution >= 0.6 is 0 Å². The molecule has 2 atom stereocenters. The summed E-state index contributed by atoms with van der Waals surface area (Å²) in [5, 5.41) is 13.5. The van der Waals surface area contributed by atoms with Gasteiger partial charge in [0.15, 0.2) is 0 Å². The third-order valence-corrected chi connectivity index (χ3v) is 7.43. The average molecular weight is 506 g/mol. The van der Waals surface area contributed by atoms with E-state index in [1.807, 2.05) is 29.0 Å². The number of hydrogen-bond donors (Lipinski definition) is 3. The maximum atomic E-state index is 12.3. The van der Waals surface area contributed by atoms with Gasteiger partial charge in [0.25, 0.3) is 0 Å². The van der Waals surface area contributed by atoms with Gasteiger partial charge in [-0.05, 0) is 49.2 Å². The van der Waals surface area contributed by atoms with Crippen molar-refractivity contribution in [1.29, 1.82) is 0 Å². The molecule has 1 aliphatic rings. The van der Waals surface area contributed by atoms with Crippen molar-refractivity contribution in [2.24, 2.45) is 5.14 Å². The molecular formula is C25H31N9OS. The normalized spacial score (nSPS) is 17.6. The molecule has 11 heteroatoms. The van der Waals surface area contributed by atoms with Gasteiger partial charge in [-0.1, -0.05) is 6.07 Å². The van der Waals surface area contributed by atoms with Gasteiger partial charge in [-0.25, -0.2) is 19.3 Å². The summed E-state index contributed by atoms with van der Waals surface area (Å²) in [6.07, 6.45) is 5.40. The van der Waals surface area contributed by atoms with E-state index in [1.165, 1.54) is 9.99 Å². The van der Waals surface area contributed by atoms with Crippen LogP contribution in [0.1, 0.15) is 12.5 Å². The lowest BCUT2D eigenvalue weighted by atomic mass is 10.2. The van der Waals surface area contributed by atoms with Gasteiger partial charge < -0.3 is 20.1 Å². The molecule has 0 radical (unpaired) electrons. The Labute approximate surface area is 211 Å². The van der Waals surface area contributed by atoms with Crippen LogP contribution in [0.25, 0.3) is 11.0 Å². The summed E-state index contributed by atoms with van der Waals surface area (Å²) in [7, 11) is -1.30. The largest absolute Gasteiger partial charge is 0.369 e. The molecule has 0 amide bonds. The zero-order valence-electron chi connectivity index (χ0n) is 20.5. The Hall–Kier alpha value is -3.67. The second-order valence-electron chi connectivity index (χ2n) is 9.06. The lowest BCUT2D eigenvalue weighted by Gasteiger charge is -2.33. The van der Waals surface area contributed by atoms with Crippen LogP contribution in [0.5, 0.6) is 0 Å². The van der Waals surface area contributed by atoms with E-state index in [1.54, 1.807) is 19.4 Å². The molecule has 1 aromatic carbocycles. The van der Waals surface area contributed by atoms with Crippen molar-refractivity contribution >= 4 is 49.9 Å². The van der Waals surface area contributed by atoms with Crippen LogP contribution in [0.15, 0.2) is 61.1 Å². The summed E-state index contributed by atoms with van der Waals surface area (Å²) in [6, 6.07) is 14.6. The van der Waals surface area contributed by atoms with E-state index in [0.29, 0.717) is 24.4 Å². The maximum Gasteiger partial charge on any atom is 0.229 e. The van der Waals surface area contributed by atoms with Crippen molar-refractivity contribution in [1.82, 2.24) is 24.8 Å². The molecule has 2 unspecified atom stereocenters. The number of hydrogen-bond acceptors (Lipinski definition) is 7. The number of pyridine rings is 1. The van der Waals surface area contributed by atoms with E-state index in [2.05, 4.69) is 62.6 Å².